The van der Waals surface area contributed by atoms with Gasteiger partial charge in [0.05, 0.1) is 11.4 Å². The van der Waals surface area contributed by atoms with E-state index < -0.39 is 11.7 Å². The summed E-state index contributed by atoms with van der Waals surface area (Å²) in [7, 11) is 0. The molecule has 1 fully saturated rings. The second-order valence-electron chi connectivity index (χ2n) is 6.66. The fraction of sp³-hybridized carbons (Fsp3) is 0.533. The number of carbonyl (C=O) groups is 1. The standard InChI is InChI=1S/C15H21N5O3/c1-15(2,3)22-14(21)18-9-5-7-20(8-9)13-11-10(4-6-17-13)12(16)19-23-11/h4,6,9H,5,7-8H2,1-3H3,(H2,16,19)(H,18,21). The van der Waals surface area contributed by atoms with Gasteiger partial charge in [0.2, 0.25) is 5.58 Å². The van der Waals surface area contributed by atoms with Crippen molar-refractivity contribution >= 4 is 28.7 Å². The fourth-order valence-corrected chi connectivity index (χ4v) is 2.64. The monoisotopic (exact) mass is 319 g/mol. The molecule has 1 unspecified atom stereocenters. The van der Waals surface area contributed by atoms with Crippen molar-refractivity contribution in [2.24, 2.45) is 0 Å². The van der Waals surface area contributed by atoms with Crippen LogP contribution in [-0.4, -0.2) is 41.0 Å². The predicted molar refractivity (Wildman–Crippen MR) is 86.2 cm³/mol. The van der Waals surface area contributed by atoms with Crippen LogP contribution in [0.25, 0.3) is 11.0 Å². The van der Waals surface area contributed by atoms with E-state index in [9.17, 15) is 4.79 Å². The number of hydrogen-bond donors (Lipinski definition) is 2. The Morgan fingerprint density at radius 1 is 1.52 bits per heavy atom. The third-order valence-corrected chi connectivity index (χ3v) is 3.61. The number of pyridine rings is 1. The van der Waals surface area contributed by atoms with Crippen LogP contribution in [-0.2, 0) is 4.74 Å². The minimum atomic E-state index is -0.507. The van der Waals surface area contributed by atoms with Gasteiger partial charge in [-0.1, -0.05) is 5.16 Å². The summed E-state index contributed by atoms with van der Waals surface area (Å²) in [5, 5.41) is 7.42. The van der Waals surface area contributed by atoms with E-state index in [0.717, 1.165) is 18.4 Å². The van der Waals surface area contributed by atoms with Gasteiger partial charge in [-0.05, 0) is 33.3 Å². The van der Waals surface area contributed by atoms with E-state index >= 15 is 0 Å². The van der Waals surface area contributed by atoms with Crippen molar-refractivity contribution in [2.45, 2.75) is 38.8 Å². The van der Waals surface area contributed by atoms with Gasteiger partial charge in [-0.15, -0.1) is 0 Å². The van der Waals surface area contributed by atoms with Crippen molar-refractivity contribution in [2.75, 3.05) is 23.7 Å². The SMILES string of the molecule is CC(C)(C)OC(=O)NC1CCN(c2nccc3c(N)noc23)C1. The molecule has 1 saturated heterocycles. The second kappa shape index (κ2) is 5.60. The molecule has 0 radical (unpaired) electrons. The van der Waals surface area contributed by atoms with Gasteiger partial charge in [-0.2, -0.15) is 0 Å². The van der Waals surface area contributed by atoms with Crippen molar-refractivity contribution in [3.63, 3.8) is 0 Å². The van der Waals surface area contributed by atoms with E-state index in [1.807, 2.05) is 20.8 Å². The van der Waals surface area contributed by atoms with E-state index in [4.69, 9.17) is 15.0 Å². The number of nitrogen functional groups attached to an aromatic ring is 1. The van der Waals surface area contributed by atoms with Gasteiger partial charge < -0.3 is 25.2 Å². The van der Waals surface area contributed by atoms with E-state index in [-0.39, 0.29) is 6.04 Å². The van der Waals surface area contributed by atoms with E-state index in [1.54, 1.807) is 12.3 Å². The highest BCUT2D eigenvalue weighted by Gasteiger charge is 2.28. The summed E-state index contributed by atoms with van der Waals surface area (Å²) in [4.78, 5) is 18.3. The number of rotatable bonds is 2. The quantitative estimate of drug-likeness (QED) is 0.870. The maximum absolute atomic E-state index is 11.9. The van der Waals surface area contributed by atoms with Crippen LogP contribution in [0.3, 0.4) is 0 Å². The van der Waals surface area contributed by atoms with Gasteiger partial charge >= 0.3 is 6.09 Å². The number of alkyl carbamates (subject to hydrolysis) is 1. The fourth-order valence-electron chi connectivity index (χ4n) is 2.64. The zero-order chi connectivity index (χ0) is 16.6. The molecule has 2 aromatic rings. The number of ether oxygens (including phenoxy) is 1. The van der Waals surface area contributed by atoms with Crippen LogP contribution >= 0.6 is 0 Å². The minimum absolute atomic E-state index is 0.00201. The number of aromatic nitrogens is 2. The van der Waals surface area contributed by atoms with Gasteiger partial charge in [-0.25, -0.2) is 9.78 Å². The molecule has 23 heavy (non-hydrogen) atoms. The molecule has 2 aromatic heterocycles. The average Bonchev–Trinajstić information content (AvgIpc) is 3.04. The summed E-state index contributed by atoms with van der Waals surface area (Å²) >= 11 is 0. The van der Waals surface area contributed by atoms with Gasteiger partial charge in [0, 0.05) is 19.3 Å². The molecular formula is C15H21N5O3. The Morgan fingerprint density at radius 3 is 3.04 bits per heavy atom. The van der Waals surface area contributed by atoms with E-state index in [2.05, 4.69) is 20.4 Å². The molecule has 8 heteroatoms. The van der Waals surface area contributed by atoms with Crippen molar-refractivity contribution in [3.8, 4) is 0 Å². The highest BCUT2D eigenvalue weighted by Crippen LogP contribution is 2.30. The molecular weight excluding hydrogens is 298 g/mol. The van der Waals surface area contributed by atoms with Crippen molar-refractivity contribution in [1.82, 2.24) is 15.5 Å². The second-order valence-corrected chi connectivity index (χ2v) is 6.66. The van der Waals surface area contributed by atoms with Crippen LogP contribution in [0.5, 0.6) is 0 Å². The minimum Gasteiger partial charge on any atom is -0.444 e. The van der Waals surface area contributed by atoms with E-state index in [0.29, 0.717) is 23.8 Å². The Kier molecular flexibility index (Phi) is 3.75. The number of carbonyl (C=O) groups excluding carboxylic acids is 1. The summed E-state index contributed by atoms with van der Waals surface area (Å²) in [6.07, 6.45) is 2.08. The van der Waals surface area contributed by atoms with Gasteiger partial charge in [0.1, 0.15) is 5.60 Å². The molecule has 3 heterocycles. The first-order valence-corrected chi connectivity index (χ1v) is 7.58. The number of nitrogens with zero attached hydrogens (tertiary/aromatic N) is 3. The molecule has 1 amide bonds. The Labute approximate surface area is 134 Å². The Balaban J connectivity index is 1.69. The molecule has 0 saturated carbocycles. The van der Waals surface area contributed by atoms with Crippen LogP contribution in [0.1, 0.15) is 27.2 Å². The number of hydrogen-bond acceptors (Lipinski definition) is 7. The Morgan fingerprint density at radius 2 is 2.30 bits per heavy atom. The smallest absolute Gasteiger partial charge is 0.407 e. The molecule has 0 aromatic carbocycles. The first-order valence-electron chi connectivity index (χ1n) is 7.58. The molecule has 3 N–H and O–H groups in total. The lowest BCUT2D eigenvalue weighted by Crippen LogP contribution is -2.40. The average molecular weight is 319 g/mol. The Hall–Kier alpha value is -2.51. The van der Waals surface area contributed by atoms with E-state index in [1.165, 1.54) is 0 Å². The molecule has 8 nitrogen and oxygen atoms in total. The molecule has 3 rings (SSSR count). The summed E-state index contributed by atoms with van der Waals surface area (Å²) < 4.78 is 10.6. The highest BCUT2D eigenvalue weighted by atomic mass is 16.6. The summed E-state index contributed by atoms with van der Waals surface area (Å²) in [5.74, 6) is 1.05. The molecule has 124 valence electrons. The first-order chi connectivity index (χ1) is 10.8. The normalized spacial score (nSPS) is 18.4. The molecule has 1 aliphatic heterocycles. The zero-order valence-electron chi connectivity index (χ0n) is 13.5. The molecule has 0 spiro atoms. The van der Waals surface area contributed by atoms with Gasteiger partial charge in [0.15, 0.2) is 11.6 Å². The maximum Gasteiger partial charge on any atom is 0.407 e. The topological polar surface area (TPSA) is 107 Å². The molecule has 0 aliphatic carbocycles. The summed E-state index contributed by atoms with van der Waals surface area (Å²) in [6.45, 7) is 6.91. The van der Waals surface area contributed by atoms with Crippen molar-refractivity contribution < 1.29 is 14.1 Å². The third kappa shape index (κ3) is 3.30. The number of fused-ring (bicyclic) bond motifs is 1. The van der Waals surface area contributed by atoms with Gasteiger partial charge in [0.25, 0.3) is 0 Å². The first kappa shape index (κ1) is 15.4. The third-order valence-electron chi connectivity index (χ3n) is 3.61. The molecule has 0 bridgehead atoms. The van der Waals surface area contributed by atoms with Crippen LogP contribution in [0.2, 0.25) is 0 Å². The summed E-state index contributed by atoms with van der Waals surface area (Å²) in [6, 6.07) is 1.78. The van der Waals surface area contributed by atoms with Crippen molar-refractivity contribution in [1.29, 1.82) is 0 Å². The lowest BCUT2D eigenvalue weighted by Gasteiger charge is -2.22. The maximum atomic E-state index is 11.9. The molecule has 1 aliphatic rings. The number of anilines is 2. The van der Waals surface area contributed by atoms with Crippen LogP contribution < -0.4 is 16.0 Å². The van der Waals surface area contributed by atoms with Gasteiger partial charge in [-0.3, -0.25) is 0 Å². The largest absolute Gasteiger partial charge is 0.444 e. The highest BCUT2D eigenvalue weighted by molar-refractivity contribution is 5.93. The van der Waals surface area contributed by atoms with Crippen LogP contribution in [0.4, 0.5) is 16.4 Å². The lowest BCUT2D eigenvalue weighted by atomic mass is 10.2. The Bertz CT molecular complexity index is 721. The zero-order valence-corrected chi connectivity index (χ0v) is 13.5. The predicted octanol–water partition coefficient (Wildman–Crippen LogP) is 1.91. The van der Waals surface area contributed by atoms with Crippen LogP contribution in [0.15, 0.2) is 16.8 Å². The number of nitrogens with one attached hydrogen (secondary N) is 1. The summed E-state index contributed by atoms with van der Waals surface area (Å²) in [5.41, 5.74) is 5.84. The molecule has 1 atom stereocenters. The number of amides is 1. The van der Waals surface area contributed by atoms with Crippen LogP contribution in [0, 0.1) is 0 Å². The van der Waals surface area contributed by atoms with Crippen molar-refractivity contribution in [3.05, 3.63) is 12.3 Å². The lowest BCUT2D eigenvalue weighted by molar-refractivity contribution is 0.0509. The number of nitrogens with two attached hydrogens (primary N) is 1.